The number of rotatable bonds is 5. The zero-order valence-corrected chi connectivity index (χ0v) is 29.6. The molecule has 5 heterocycles. The fraction of sp³-hybridized carbons (Fsp3) is 0.405. The summed E-state index contributed by atoms with van der Waals surface area (Å²) in [6, 6.07) is 22.6. The van der Waals surface area contributed by atoms with Crippen LogP contribution in [0.15, 0.2) is 60.7 Å². The topological polar surface area (TPSA) is 63.3 Å². The fourth-order valence-corrected chi connectivity index (χ4v) is 8.12. The van der Waals surface area contributed by atoms with Crippen LogP contribution in [-0.4, -0.2) is 57.3 Å². The van der Waals surface area contributed by atoms with Crippen molar-refractivity contribution in [3.8, 4) is 11.1 Å². The summed E-state index contributed by atoms with van der Waals surface area (Å²) in [6.45, 7) is 17.1. The highest BCUT2D eigenvalue weighted by Gasteiger charge is 2.51. The summed E-state index contributed by atoms with van der Waals surface area (Å²) in [5.41, 5.74) is 7.63. The number of hydrogen-bond acceptors (Lipinski definition) is 7. The molecule has 0 aliphatic carbocycles. The minimum Gasteiger partial charge on any atom is -0.399 e. The maximum Gasteiger partial charge on any atom is 0.494 e. The van der Waals surface area contributed by atoms with Crippen LogP contribution in [0.4, 0.5) is 0 Å². The van der Waals surface area contributed by atoms with Crippen LogP contribution in [0.3, 0.4) is 0 Å². The normalized spacial score (nSPS) is 19.4. The molecule has 9 heteroatoms. The second-order valence-electron chi connectivity index (χ2n) is 13.8. The van der Waals surface area contributed by atoms with E-state index in [1.165, 1.54) is 56.5 Å². The van der Waals surface area contributed by atoms with Crippen LogP contribution in [0.5, 0.6) is 0 Å². The molecule has 2 saturated heterocycles. The molecule has 6 nitrogen and oxygen atoms in total. The Morgan fingerprint density at radius 3 is 2.15 bits per heavy atom. The number of likely N-dealkylation sites (tertiary alicyclic amines) is 1. The van der Waals surface area contributed by atoms with E-state index in [-0.39, 0.29) is 18.3 Å². The Labute approximate surface area is 280 Å². The minimum atomic E-state index is -0.309. The minimum absolute atomic E-state index is 0.301. The molecule has 238 valence electrons. The number of thiazole rings is 2. The molecule has 0 amide bonds. The highest BCUT2D eigenvalue weighted by molar-refractivity contribution is 7.18. The van der Waals surface area contributed by atoms with Gasteiger partial charge in [0.2, 0.25) is 0 Å². The van der Waals surface area contributed by atoms with Gasteiger partial charge in [0.05, 0.1) is 41.7 Å². The molecule has 46 heavy (non-hydrogen) atoms. The Balaban J connectivity index is 0.000000157. The lowest BCUT2D eigenvalue weighted by molar-refractivity contribution is 0.00578. The van der Waals surface area contributed by atoms with Gasteiger partial charge < -0.3 is 19.2 Å². The predicted octanol–water partition coefficient (Wildman–Crippen LogP) is 8.68. The lowest BCUT2D eigenvalue weighted by atomic mass is 9.79. The number of aryl methyl sites for hydroxylation is 2. The SMILES string of the molecule is Cc1nc2cc(-c3ccc4[nH]c(CCN5CCC[C@H]5C)cc4c3)ccc2s1.Cc1nc2cc(B3OC(C)(C)C(C)(C)O3)ccc2s1. The van der Waals surface area contributed by atoms with Gasteiger partial charge >= 0.3 is 7.12 Å². The Kier molecular flexibility index (Phi) is 8.35. The number of aromatic nitrogens is 3. The quantitative estimate of drug-likeness (QED) is 0.189. The van der Waals surface area contributed by atoms with Gasteiger partial charge in [-0.2, -0.15) is 0 Å². The van der Waals surface area contributed by atoms with Crippen molar-refractivity contribution in [2.24, 2.45) is 0 Å². The Hall–Kier alpha value is -3.08. The first kappa shape index (κ1) is 31.5. The monoisotopic (exact) mass is 650 g/mol. The van der Waals surface area contributed by atoms with Gasteiger partial charge in [0, 0.05) is 35.6 Å². The van der Waals surface area contributed by atoms with E-state index in [0.29, 0.717) is 0 Å². The summed E-state index contributed by atoms with van der Waals surface area (Å²) in [5, 5.41) is 3.51. The van der Waals surface area contributed by atoms with Crippen molar-refractivity contribution in [2.75, 3.05) is 13.1 Å². The van der Waals surface area contributed by atoms with Crippen molar-refractivity contribution in [3.63, 3.8) is 0 Å². The number of aromatic amines is 1. The molecule has 0 unspecified atom stereocenters. The van der Waals surface area contributed by atoms with E-state index in [9.17, 15) is 0 Å². The van der Waals surface area contributed by atoms with Crippen LogP contribution < -0.4 is 5.46 Å². The predicted molar refractivity (Wildman–Crippen MR) is 196 cm³/mol. The van der Waals surface area contributed by atoms with E-state index in [0.717, 1.165) is 45.5 Å². The van der Waals surface area contributed by atoms with Crippen LogP contribution in [-0.2, 0) is 15.7 Å². The van der Waals surface area contributed by atoms with Crippen LogP contribution in [0.1, 0.15) is 63.2 Å². The van der Waals surface area contributed by atoms with E-state index in [1.807, 2.05) is 6.92 Å². The Morgan fingerprint density at radius 2 is 1.48 bits per heavy atom. The first-order valence-corrected chi connectivity index (χ1v) is 18.0. The molecule has 0 saturated carbocycles. The molecule has 1 N–H and O–H groups in total. The maximum absolute atomic E-state index is 6.06. The smallest absolute Gasteiger partial charge is 0.399 e. The van der Waals surface area contributed by atoms with E-state index in [4.69, 9.17) is 9.31 Å². The van der Waals surface area contributed by atoms with Crippen molar-refractivity contribution in [1.29, 1.82) is 0 Å². The Bertz CT molecular complexity index is 2010. The van der Waals surface area contributed by atoms with E-state index < -0.39 is 0 Å². The third kappa shape index (κ3) is 6.28. The number of nitrogens with zero attached hydrogens (tertiary/aromatic N) is 3. The van der Waals surface area contributed by atoms with Crippen LogP contribution in [0.25, 0.3) is 42.5 Å². The Morgan fingerprint density at radius 1 is 0.848 bits per heavy atom. The van der Waals surface area contributed by atoms with Crippen LogP contribution in [0.2, 0.25) is 0 Å². The molecule has 8 rings (SSSR count). The number of benzene rings is 3. The summed E-state index contributed by atoms with van der Waals surface area (Å²) >= 11 is 3.47. The summed E-state index contributed by atoms with van der Waals surface area (Å²) in [4.78, 5) is 15.4. The van der Waals surface area contributed by atoms with Gasteiger partial charge in [0.15, 0.2) is 0 Å². The van der Waals surface area contributed by atoms with Gasteiger partial charge in [-0.15, -0.1) is 22.7 Å². The average molecular weight is 651 g/mol. The number of nitrogens with one attached hydrogen (secondary N) is 1. The second-order valence-corrected chi connectivity index (χ2v) is 16.3. The number of hydrogen-bond donors (Lipinski definition) is 1. The van der Waals surface area contributed by atoms with Gasteiger partial charge in [-0.25, -0.2) is 9.97 Å². The lowest BCUT2D eigenvalue weighted by Gasteiger charge is -2.32. The molecule has 0 bridgehead atoms. The first-order chi connectivity index (χ1) is 21.9. The molecule has 0 spiro atoms. The zero-order chi connectivity index (χ0) is 32.2. The molecule has 3 aromatic carbocycles. The van der Waals surface area contributed by atoms with Crippen molar-refractivity contribution in [1.82, 2.24) is 19.9 Å². The van der Waals surface area contributed by atoms with Crippen LogP contribution in [0, 0.1) is 13.8 Å². The maximum atomic E-state index is 6.06. The number of fused-ring (bicyclic) bond motifs is 3. The van der Waals surface area contributed by atoms with Crippen LogP contribution >= 0.6 is 22.7 Å². The third-order valence-electron chi connectivity index (χ3n) is 9.91. The average Bonchev–Trinajstić information content (AvgIpc) is 3.81. The van der Waals surface area contributed by atoms with Crippen molar-refractivity contribution in [3.05, 3.63) is 76.4 Å². The standard InChI is InChI=1S/C23H25N3S.C14H18BNO2S/c1-15-4-3-10-26(15)11-9-20-13-19-12-17(5-7-21(19)25-20)18-6-8-23-22(14-18)24-16(2)27-23;1-9-16-11-8-10(6-7-12(11)19-9)15-17-13(2,3)14(4,5)18-15/h5-8,12-15,25H,3-4,9-11H2,1-2H3;6-8H,1-5H3/t15-;/m1./s1. The molecule has 2 aliphatic rings. The third-order valence-corrected chi connectivity index (χ3v) is 11.8. The van der Waals surface area contributed by atoms with Gasteiger partial charge in [-0.3, -0.25) is 0 Å². The number of H-pyrrole nitrogens is 1. The van der Waals surface area contributed by atoms with Gasteiger partial charge in [0.25, 0.3) is 0 Å². The van der Waals surface area contributed by atoms with Gasteiger partial charge in [-0.1, -0.05) is 18.2 Å². The van der Waals surface area contributed by atoms with Crippen molar-refractivity contribution >= 4 is 66.6 Å². The summed E-state index contributed by atoms with van der Waals surface area (Å²) in [6.07, 6.45) is 3.79. The second kappa shape index (κ2) is 12.2. The highest BCUT2D eigenvalue weighted by atomic mass is 32.1. The van der Waals surface area contributed by atoms with Gasteiger partial charge in [0.1, 0.15) is 0 Å². The molecular weight excluding hydrogens is 607 g/mol. The summed E-state index contributed by atoms with van der Waals surface area (Å²) in [7, 11) is -0.309. The molecule has 1 atom stereocenters. The van der Waals surface area contributed by atoms with Gasteiger partial charge in [-0.05, 0) is 127 Å². The highest BCUT2D eigenvalue weighted by Crippen LogP contribution is 2.37. The van der Waals surface area contributed by atoms with Crippen molar-refractivity contribution in [2.45, 2.75) is 85.0 Å². The molecule has 0 radical (unpaired) electrons. The molecular formula is C37H43BN4O2S2. The first-order valence-electron chi connectivity index (χ1n) is 16.4. The fourth-order valence-electron chi connectivity index (χ4n) is 6.50. The van der Waals surface area contributed by atoms with E-state index in [2.05, 4.69) is 122 Å². The lowest BCUT2D eigenvalue weighted by Crippen LogP contribution is -2.41. The summed E-state index contributed by atoms with van der Waals surface area (Å²) in [5.74, 6) is 0. The van der Waals surface area contributed by atoms with Crippen molar-refractivity contribution < 1.29 is 9.31 Å². The zero-order valence-electron chi connectivity index (χ0n) is 27.9. The van der Waals surface area contributed by atoms with E-state index in [1.54, 1.807) is 22.7 Å². The molecule has 2 aliphatic heterocycles. The molecule has 3 aromatic heterocycles. The molecule has 6 aromatic rings. The van der Waals surface area contributed by atoms with E-state index >= 15 is 0 Å². The largest absolute Gasteiger partial charge is 0.494 e. The molecule has 2 fully saturated rings. The summed E-state index contributed by atoms with van der Waals surface area (Å²) < 4.78 is 14.6.